The SMILES string of the molecule is Fc1cc[c]cc1C1CC1. The highest BCUT2D eigenvalue weighted by Crippen LogP contribution is 2.40. The lowest BCUT2D eigenvalue weighted by molar-refractivity contribution is 0.611. The van der Waals surface area contributed by atoms with E-state index in [1.165, 1.54) is 6.07 Å². The minimum absolute atomic E-state index is 0.0683. The second-order valence-corrected chi connectivity index (χ2v) is 2.72. The predicted octanol–water partition coefficient (Wildman–Crippen LogP) is 2.50. The van der Waals surface area contributed by atoms with E-state index in [-0.39, 0.29) is 5.82 Å². The fraction of sp³-hybridized carbons (Fsp3) is 0.333. The van der Waals surface area contributed by atoms with Gasteiger partial charge in [-0.2, -0.15) is 0 Å². The van der Waals surface area contributed by atoms with Gasteiger partial charge in [0.1, 0.15) is 5.82 Å². The van der Waals surface area contributed by atoms with Crippen molar-refractivity contribution in [1.82, 2.24) is 0 Å². The largest absolute Gasteiger partial charge is 0.207 e. The van der Waals surface area contributed by atoms with Gasteiger partial charge in [0, 0.05) is 0 Å². The molecular formula is C9H8F. The number of benzene rings is 1. The Kier molecular flexibility index (Phi) is 1.23. The van der Waals surface area contributed by atoms with Crippen LogP contribution in [-0.4, -0.2) is 0 Å². The number of halogens is 1. The molecule has 0 amide bonds. The molecule has 1 fully saturated rings. The van der Waals surface area contributed by atoms with Crippen molar-refractivity contribution in [2.24, 2.45) is 0 Å². The molecule has 0 unspecified atom stereocenters. The maximum Gasteiger partial charge on any atom is 0.126 e. The van der Waals surface area contributed by atoms with E-state index in [4.69, 9.17) is 0 Å². The standard InChI is InChI=1S/C9H8F/c10-9-4-2-1-3-8(9)7-5-6-7/h2-4,7H,5-6H2. The fourth-order valence-electron chi connectivity index (χ4n) is 1.13. The minimum atomic E-state index is -0.0683. The number of rotatable bonds is 1. The Morgan fingerprint density at radius 2 is 2.30 bits per heavy atom. The van der Waals surface area contributed by atoms with Crippen LogP contribution in [0.1, 0.15) is 24.3 Å². The summed E-state index contributed by atoms with van der Waals surface area (Å²) in [4.78, 5) is 0. The van der Waals surface area contributed by atoms with E-state index >= 15 is 0 Å². The first-order chi connectivity index (χ1) is 4.88. The second kappa shape index (κ2) is 2.08. The summed E-state index contributed by atoms with van der Waals surface area (Å²) in [5.74, 6) is 0.429. The van der Waals surface area contributed by atoms with Crippen LogP contribution < -0.4 is 0 Å². The molecule has 0 nitrogen and oxygen atoms in total. The van der Waals surface area contributed by atoms with Gasteiger partial charge in [-0.15, -0.1) is 0 Å². The molecule has 10 heavy (non-hydrogen) atoms. The zero-order valence-corrected chi connectivity index (χ0v) is 5.60. The summed E-state index contributed by atoms with van der Waals surface area (Å²) < 4.78 is 12.9. The molecule has 1 aromatic carbocycles. The summed E-state index contributed by atoms with van der Waals surface area (Å²) in [6.45, 7) is 0. The fourth-order valence-corrected chi connectivity index (χ4v) is 1.13. The van der Waals surface area contributed by atoms with Gasteiger partial charge in [-0.3, -0.25) is 0 Å². The van der Waals surface area contributed by atoms with E-state index in [1.54, 1.807) is 12.1 Å². The maximum absolute atomic E-state index is 12.9. The van der Waals surface area contributed by atoms with E-state index in [2.05, 4.69) is 6.07 Å². The van der Waals surface area contributed by atoms with Crippen LogP contribution >= 0.6 is 0 Å². The minimum Gasteiger partial charge on any atom is -0.207 e. The zero-order valence-electron chi connectivity index (χ0n) is 5.60. The smallest absolute Gasteiger partial charge is 0.126 e. The first kappa shape index (κ1) is 5.90. The molecule has 0 heterocycles. The molecule has 0 bridgehead atoms. The highest BCUT2D eigenvalue weighted by Gasteiger charge is 2.25. The first-order valence-electron chi connectivity index (χ1n) is 3.53. The third kappa shape index (κ3) is 0.919. The normalized spacial score (nSPS) is 17.3. The molecule has 0 N–H and O–H groups in total. The molecular weight excluding hydrogens is 127 g/mol. The molecule has 1 aliphatic carbocycles. The van der Waals surface area contributed by atoms with Crippen molar-refractivity contribution in [3.63, 3.8) is 0 Å². The topological polar surface area (TPSA) is 0 Å². The molecule has 1 saturated carbocycles. The lowest BCUT2D eigenvalue weighted by atomic mass is 10.1. The van der Waals surface area contributed by atoms with Crippen molar-refractivity contribution >= 4 is 0 Å². The molecule has 51 valence electrons. The van der Waals surface area contributed by atoms with Crippen LogP contribution in [0.15, 0.2) is 18.2 Å². The van der Waals surface area contributed by atoms with Crippen LogP contribution in [0, 0.1) is 11.9 Å². The van der Waals surface area contributed by atoms with E-state index in [0.29, 0.717) is 5.92 Å². The van der Waals surface area contributed by atoms with Gasteiger partial charge in [-0.25, -0.2) is 4.39 Å². The lowest BCUT2D eigenvalue weighted by Crippen LogP contribution is -1.84. The Morgan fingerprint density at radius 1 is 1.50 bits per heavy atom. The third-order valence-electron chi connectivity index (χ3n) is 1.86. The molecule has 2 rings (SSSR count). The average molecular weight is 135 g/mol. The molecule has 0 aliphatic heterocycles. The van der Waals surface area contributed by atoms with Crippen molar-refractivity contribution in [3.05, 3.63) is 35.6 Å². The zero-order chi connectivity index (χ0) is 6.97. The summed E-state index contributed by atoms with van der Waals surface area (Å²) >= 11 is 0. The highest BCUT2D eigenvalue weighted by atomic mass is 19.1. The summed E-state index contributed by atoms with van der Waals surface area (Å²) in [5, 5.41) is 0. The third-order valence-corrected chi connectivity index (χ3v) is 1.86. The summed E-state index contributed by atoms with van der Waals surface area (Å²) in [6, 6.07) is 7.73. The van der Waals surface area contributed by atoms with Crippen LogP contribution in [0.4, 0.5) is 4.39 Å². The van der Waals surface area contributed by atoms with E-state index in [0.717, 1.165) is 18.4 Å². The molecule has 0 saturated heterocycles. The van der Waals surface area contributed by atoms with Gasteiger partial charge in [0.2, 0.25) is 0 Å². The van der Waals surface area contributed by atoms with Crippen molar-refractivity contribution in [2.75, 3.05) is 0 Å². The van der Waals surface area contributed by atoms with Crippen LogP contribution in [0.25, 0.3) is 0 Å². The number of hydrogen-bond acceptors (Lipinski definition) is 0. The summed E-state index contributed by atoms with van der Waals surface area (Å²) in [5.41, 5.74) is 0.850. The van der Waals surface area contributed by atoms with Crippen LogP contribution in [0.5, 0.6) is 0 Å². The quantitative estimate of drug-likeness (QED) is 0.555. The molecule has 0 atom stereocenters. The Bertz CT molecular complexity index is 238. The predicted molar refractivity (Wildman–Crippen MR) is 37.2 cm³/mol. The average Bonchev–Trinajstić information content (AvgIpc) is 2.71. The van der Waals surface area contributed by atoms with Crippen molar-refractivity contribution in [3.8, 4) is 0 Å². The van der Waals surface area contributed by atoms with E-state index in [9.17, 15) is 4.39 Å². The second-order valence-electron chi connectivity index (χ2n) is 2.72. The Morgan fingerprint density at radius 3 is 2.90 bits per heavy atom. The van der Waals surface area contributed by atoms with Gasteiger partial charge >= 0.3 is 0 Å². The number of hydrogen-bond donors (Lipinski definition) is 0. The Hall–Kier alpha value is -0.850. The molecule has 1 radical (unpaired) electrons. The van der Waals surface area contributed by atoms with Gasteiger partial charge in [-0.1, -0.05) is 6.07 Å². The van der Waals surface area contributed by atoms with Crippen LogP contribution in [0.3, 0.4) is 0 Å². The maximum atomic E-state index is 12.9. The van der Waals surface area contributed by atoms with Crippen molar-refractivity contribution in [1.29, 1.82) is 0 Å². The van der Waals surface area contributed by atoms with Crippen molar-refractivity contribution < 1.29 is 4.39 Å². The molecule has 1 aromatic rings. The monoisotopic (exact) mass is 135 g/mol. The van der Waals surface area contributed by atoms with E-state index < -0.39 is 0 Å². The first-order valence-corrected chi connectivity index (χ1v) is 3.53. The van der Waals surface area contributed by atoms with Crippen molar-refractivity contribution in [2.45, 2.75) is 18.8 Å². The highest BCUT2D eigenvalue weighted by molar-refractivity contribution is 5.24. The molecule has 0 aromatic heterocycles. The Balaban J connectivity index is 2.39. The van der Waals surface area contributed by atoms with Gasteiger partial charge in [0.15, 0.2) is 0 Å². The van der Waals surface area contributed by atoms with Gasteiger partial charge < -0.3 is 0 Å². The summed E-state index contributed by atoms with van der Waals surface area (Å²) in [6.07, 6.45) is 2.30. The van der Waals surface area contributed by atoms with Gasteiger partial charge in [0.05, 0.1) is 0 Å². The molecule has 1 aliphatic rings. The molecule has 1 heteroatoms. The van der Waals surface area contributed by atoms with Crippen LogP contribution in [0.2, 0.25) is 0 Å². The lowest BCUT2D eigenvalue weighted by Gasteiger charge is -1.96. The Labute approximate surface area is 59.7 Å². The van der Waals surface area contributed by atoms with Crippen LogP contribution in [-0.2, 0) is 0 Å². The van der Waals surface area contributed by atoms with Gasteiger partial charge in [-0.05, 0) is 42.5 Å². The van der Waals surface area contributed by atoms with Gasteiger partial charge in [0.25, 0.3) is 0 Å². The molecule has 0 spiro atoms. The van der Waals surface area contributed by atoms with E-state index in [1.807, 2.05) is 0 Å². The summed E-state index contributed by atoms with van der Waals surface area (Å²) in [7, 11) is 0.